The van der Waals surface area contributed by atoms with Crippen molar-refractivity contribution in [2.45, 2.75) is 58.0 Å². The topological polar surface area (TPSA) is 66.5 Å². The summed E-state index contributed by atoms with van der Waals surface area (Å²) in [6, 6.07) is 27.6. The molecule has 3 aliphatic rings. The van der Waals surface area contributed by atoms with Crippen LogP contribution in [0.15, 0.2) is 97.1 Å². The lowest BCUT2D eigenvalue weighted by Gasteiger charge is -2.39. The first-order chi connectivity index (χ1) is 21.2. The number of Topliss-reactive ketones (excluding diaryl/α,β-unsaturated/α-hetero) is 2. The number of hydrogen-bond acceptors (Lipinski definition) is 4. The number of carbonyl (C=O) groups is 3. The van der Waals surface area contributed by atoms with Crippen molar-refractivity contribution in [2.75, 3.05) is 10.2 Å². The van der Waals surface area contributed by atoms with Gasteiger partial charge in [-0.2, -0.15) is 0 Å². The molecular weight excluding hydrogens is 544 g/mol. The highest BCUT2D eigenvalue weighted by molar-refractivity contribution is 6.18. The molecule has 0 unspecified atom stereocenters. The van der Waals surface area contributed by atoms with E-state index in [1.807, 2.05) is 91.9 Å². The summed E-state index contributed by atoms with van der Waals surface area (Å²) in [6.45, 7) is 8.22. The first-order valence-corrected chi connectivity index (χ1v) is 15.5. The second-order valence-corrected chi connectivity index (χ2v) is 12.6. The highest BCUT2D eigenvalue weighted by Crippen LogP contribution is 2.59. The molecule has 7 rings (SSSR count). The molecule has 4 atom stereocenters. The van der Waals surface area contributed by atoms with E-state index >= 15 is 4.79 Å². The minimum atomic E-state index is -1.31. The zero-order valence-corrected chi connectivity index (χ0v) is 25.6. The van der Waals surface area contributed by atoms with Crippen LogP contribution in [-0.2, 0) is 16.6 Å². The van der Waals surface area contributed by atoms with Gasteiger partial charge in [0.15, 0.2) is 11.6 Å². The van der Waals surface area contributed by atoms with Crippen molar-refractivity contribution in [2.24, 2.45) is 5.92 Å². The first kappa shape index (κ1) is 28.0. The smallest absolute Gasteiger partial charge is 0.238 e. The van der Waals surface area contributed by atoms with Gasteiger partial charge in [0.05, 0.1) is 12.0 Å². The Labute approximate surface area is 258 Å². The largest absolute Gasteiger partial charge is 0.352 e. The predicted molar refractivity (Wildman–Crippen MR) is 175 cm³/mol. The zero-order valence-electron chi connectivity index (χ0n) is 25.6. The van der Waals surface area contributed by atoms with Crippen LogP contribution in [0.3, 0.4) is 0 Å². The second-order valence-electron chi connectivity index (χ2n) is 12.6. The molecule has 44 heavy (non-hydrogen) atoms. The number of fused-ring (bicyclic) bond motifs is 6. The van der Waals surface area contributed by atoms with Crippen molar-refractivity contribution < 1.29 is 14.4 Å². The lowest BCUT2D eigenvalue weighted by Crippen LogP contribution is -2.51. The molecule has 1 fully saturated rings. The van der Waals surface area contributed by atoms with Crippen molar-refractivity contribution in [3.63, 3.8) is 0 Å². The molecule has 0 bridgehead atoms. The Hall–Kier alpha value is -4.77. The molecule has 0 radical (unpaired) electrons. The van der Waals surface area contributed by atoms with Crippen LogP contribution in [0.4, 0.5) is 11.4 Å². The van der Waals surface area contributed by atoms with E-state index in [1.54, 1.807) is 0 Å². The fourth-order valence-corrected chi connectivity index (χ4v) is 7.74. The Morgan fingerprint density at radius 2 is 1.48 bits per heavy atom. The number of hydrogen-bond donors (Lipinski definition) is 1. The lowest BCUT2D eigenvalue weighted by atomic mass is 9.64. The highest BCUT2D eigenvalue weighted by atomic mass is 16.2. The fraction of sp³-hybridized carbons (Fsp3) is 0.256. The predicted octanol–water partition coefficient (Wildman–Crippen LogP) is 7.50. The summed E-state index contributed by atoms with van der Waals surface area (Å²) in [5, 5.41) is 3.12. The molecule has 1 spiro atoms. The maximum absolute atomic E-state index is 15.0. The molecule has 3 heterocycles. The van der Waals surface area contributed by atoms with Crippen LogP contribution in [0.2, 0.25) is 0 Å². The summed E-state index contributed by atoms with van der Waals surface area (Å²) in [6.07, 6.45) is 4.03. The van der Waals surface area contributed by atoms with Crippen molar-refractivity contribution in [1.29, 1.82) is 0 Å². The molecule has 1 saturated heterocycles. The SMILES string of the molecule is CCCc1ccc(C(=O)[C@H]2[C@@H](C(=O)c3ccc(C)cc3)N3c4ccc(C)cc4C(C)=C[C@@H]3[C@]23C(=O)Nc2ccccc23)cc1. The number of para-hydroxylation sites is 1. The Kier molecular flexibility index (Phi) is 6.65. The molecule has 1 N–H and O–H groups in total. The van der Waals surface area contributed by atoms with Crippen LogP contribution in [0.25, 0.3) is 5.57 Å². The average molecular weight is 581 g/mol. The van der Waals surface area contributed by atoms with E-state index in [1.165, 1.54) is 0 Å². The van der Waals surface area contributed by atoms with E-state index in [0.29, 0.717) is 16.8 Å². The van der Waals surface area contributed by atoms with Crippen LogP contribution in [-0.4, -0.2) is 29.6 Å². The van der Waals surface area contributed by atoms with Gasteiger partial charge in [-0.05, 0) is 62.1 Å². The molecule has 5 nitrogen and oxygen atoms in total. The number of carbonyl (C=O) groups excluding carboxylic acids is 3. The van der Waals surface area contributed by atoms with Gasteiger partial charge in [0.25, 0.3) is 0 Å². The van der Waals surface area contributed by atoms with Crippen molar-refractivity contribution in [3.8, 4) is 0 Å². The Bertz CT molecular complexity index is 1850. The summed E-state index contributed by atoms with van der Waals surface area (Å²) < 4.78 is 0. The van der Waals surface area contributed by atoms with E-state index in [9.17, 15) is 9.59 Å². The minimum Gasteiger partial charge on any atom is -0.352 e. The highest BCUT2D eigenvalue weighted by Gasteiger charge is 2.70. The van der Waals surface area contributed by atoms with Crippen LogP contribution >= 0.6 is 0 Å². The van der Waals surface area contributed by atoms with E-state index < -0.39 is 23.4 Å². The van der Waals surface area contributed by atoms with Crippen LogP contribution in [0, 0.1) is 19.8 Å². The van der Waals surface area contributed by atoms with Gasteiger partial charge in [-0.3, -0.25) is 14.4 Å². The van der Waals surface area contributed by atoms with E-state index in [0.717, 1.165) is 51.9 Å². The standard InChI is InChI=1S/C39H36N2O3/c1-5-8-26-14-18-27(19-15-26)36(42)34-35(37(43)28-16-11-23(2)12-17-28)41-32-20-13-24(3)21-29(32)25(4)22-33(41)39(34)30-9-6-7-10-31(30)40-38(39)44/h6-7,9-22,33-35H,5,8H2,1-4H3,(H,40,44)/t33-,34-,35+,39+/m1/s1. The Morgan fingerprint density at radius 3 is 2.20 bits per heavy atom. The second kappa shape index (κ2) is 10.4. The fourth-order valence-electron chi connectivity index (χ4n) is 7.74. The van der Waals surface area contributed by atoms with E-state index in [-0.39, 0.29) is 17.5 Å². The average Bonchev–Trinajstić information content (AvgIpc) is 3.49. The summed E-state index contributed by atoms with van der Waals surface area (Å²) in [5.41, 5.74) is 7.40. The van der Waals surface area contributed by atoms with Gasteiger partial charge in [0.2, 0.25) is 5.91 Å². The molecule has 4 aromatic rings. The molecule has 3 aliphatic heterocycles. The normalized spacial score (nSPS) is 23.1. The third-order valence-corrected chi connectivity index (χ3v) is 9.80. The van der Waals surface area contributed by atoms with Gasteiger partial charge in [-0.1, -0.05) is 103 Å². The lowest BCUT2D eigenvalue weighted by molar-refractivity contribution is -0.121. The number of rotatable bonds is 6. The summed E-state index contributed by atoms with van der Waals surface area (Å²) in [4.78, 5) is 46.6. The Morgan fingerprint density at radius 1 is 0.818 bits per heavy atom. The number of amides is 1. The number of allylic oxidation sites excluding steroid dienone is 1. The maximum Gasteiger partial charge on any atom is 0.238 e. The number of nitrogens with zero attached hydrogens (tertiary/aromatic N) is 1. The van der Waals surface area contributed by atoms with Gasteiger partial charge in [-0.15, -0.1) is 0 Å². The van der Waals surface area contributed by atoms with Gasteiger partial charge < -0.3 is 10.2 Å². The molecule has 1 amide bonds. The summed E-state index contributed by atoms with van der Waals surface area (Å²) in [7, 11) is 0. The quantitative estimate of drug-likeness (QED) is 0.240. The maximum atomic E-state index is 15.0. The van der Waals surface area contributed by atoms with Crippen molar-refractivity contribution in [3.05, 3.63) is 136 Å². The molecule has 0 aliphatic carbocycles. The third-order valence-electron chi connectivity index (χ3n) is 9.80. The van der Waals surface area contributed by atoms with Gasteiger partial charge in [-0.25, -0.2) is 0 Å². The molecule has 220 valence electrons. The molecule has 0 aromatic heterocycles. The van der Waals surface area contributed by atoms with Crippen LogP contribution in [0.1, 0.15) is 68.8 Å². The summed E-state index contributed by atoms with van der Waals surface area (Å²) in [5.74, 6) is -1.57. The van der Waals surface area contributed by atoms with Gasteiger partial charge >= 0.3 is 0 Å². The molecule has 5 heteroatoms. The number of aryl methyl sites for hydroxylation is 3. The number of nitrogens with one attached hydrogen (secondary N) is 1. The van der Waals surface area contributed by atoms with Crippen molar-refractivity contribution >= 4 is 34.4 Å². The van der Waals surface area contributed by atoms with E-state index in [2.05, 4.69) is 43.1 Å². The third kappa shape index (κ3) is 4.02. The van der Waals surface area contributed by atoms with E-state index in [4.69, 9.17) is 0 Å². The first-order valence-electron chi connectivity index (χ1n) is 15.5. The number of ketones is 2. The molecule has 0 saturated carbocycles. The number of benzene rings is 4. The van der Waals surface area contributed by atoms with Gasteiger partial charge in [0.1, 0.15) is 11.5 Å². The molecular formula is C39H36N2O3. The van der Waals surface area contributed by atoms with Gasteiger partial charge in [0, 0.05) is 28.1 Å². The van der Waals surface area contributed by atoms with Crippen LogP contribution in [0.5, 0.6) is 0 Å². The number of anilines is 2. The zero-order chi connectivity index (χ0) is 30.7. The minimum absolute atomic E-state index is 0.163. The van der Waals surface area contributed by atoms with Crippen molar-refractivity contribution in [1.82, 2.24) is 0 Å². The van der Waals surface area contributed by atoms with Crippen LogP contribution < -0.4 is 10.2 Å². The monoisotopic (exact) mass is 580 g/mol. The summed E-state index contributed by atoms with van der Waals surface area (Å²) >= 11 is 0. The molecule has 4 aromatic carbocycles. The Balaban J connectivity index is 1.52.